The topological polar surface area (TPSA) is 68.3 Å². The molecule has 0 saturated carbocycles. The number of aryl methyl sites for hydroxylation is 1. The molecular formula is C17H16N2O3. The summed E-state index contributed by atoms with van der Waals surface area (Å²) >= 11 is 0. The molecule has 0 bridgehead atoms. The van der Waals surface area contributed by atoms with E-state index in [9.17, 15) is 4.79 Å². The van der Waals surface area contributed by atoms with Crippen molar-refractivity contribution in [3.63, 3.8) is 0 Å². The molecule has 0 saturated heterocycles. The van der Waals surface area contributed by atoms with Gasteiger partial charge in [0.15, 0.2) is 11.7 Å². The highest BCUT2D eigenvalue weighted by Gasteiger charge is 2.14. The van der Waals surface area contributed by atoms with Crippen molar-refractivity contribution in [1.29, 1.82) is 0 Å². The maximum Gasteiger partial charge on any atom is 0.286 e. The van der Waals surface area contributed by atoms with E-state index in [0.29, 0.717) is 24.6 Å². The Hall–Kier alpha value is -2.82. The Labute approximate surface area is 128 Å². The number of hydrogen-bond acceptors (Lipinski definition) is 4. The van der Waals surface area contributed by atoms with Gasteiger partial charge in [0.1, 0.15) is 11.5 Å². The van der Waals surface area contributed by atoms with Crippen molar-refractivity contribution in [3.05, 3.63) is 66.1 Å². The Kier molecular flexibility index (Phi) is 4.05. The fraction of sp³-hybridized carbons (Fsp3) is 0.176. The summed E-state index contributed by atoms with van der Waals surface area (Å²) in [5, 5.41) is 2.80. The Bertz CT molecular complexity index is 746. The molecule has 3 aromatic rings. The van der Waals surface area contributed by atoms with E-state index >= 15 is 0 Å². The number of nitrogens with zero attached hydrogens (tertiary/aromatic N) is 1. The molecule has 5 heteroatoms. The number of furan rings is 1. The van der Waals surface area contributed by atoms with Gasteiger partial charge in [-0.05, 0) is 12.1 Å². The second-order valence-electron chi connectivity index (χ2n) is 4.85. The lowest BCUT2D eigenvalue weighted by molar-refractivity contribution is 0.0926. The van der Waals surface area contributed by atoms with E-state index in [2.05, 4.69) is 10.3 Å². The molecule has 0 aliphatic rings. The van der Waals surface area contributed by atoms with Crippen LogP contribution >= 0.6 is 0 Å². The van der Waals surface area contributed by atoms with Gasteiger partial charge in [-0.1, -0.05) is 30.3 Å². The van der Waals surface area contributed by atoms with Crippen LogP contribution in [-0.2, 0) is 6.42 Å². The lowest BCUT2D eigenvalue weighted by Crippen LogP contribution is -2.25. The minimum atomic E-state index is -0.234. The lowest BCUT2D eigenvalue weighted by atomic mass is 10.1. The first kappa shape index (κ1) is 14.1. The van der Waals surface area contributed by atoms with Crippen LogP contribution in [0, 0.1) is 6.92 Å². The van der Waals surface area contributed by atoms with Gasteiger partial charge in [-0.2, -0.15) is 0 Å². The molecule has 0 fully saturated rings. The zero-order valence-corrected chi connectivity index (χ0v) is 12.2. The zero-order valence-electron chi connectivity index (χ0n) is 12.2. The molecule has 1 amide bonds. The van der Waals surface area contributed by atoms with Crippen molar-refractivity contribution in [1.82, 2.24) is 10.3 Å². The van der Waals surface area contributed by atoms with E-state index in [-0.39, 0.29) is 5.91 Å². The average Bonchev–Trinajstić information content (AvgIpc) is 3.18. The van der Waals surface area contributed by atoms with E-state index in [1.165, 1.54) is 6.26 Å². The average molecular weight is 296 g/mol. The fourth-order valence-corrected chi connectivity index (χ4v) is 2.24. The molecule has 2 heterocycles. The molecule has 2 aromatic heterocycles. The van der Waals surface area contributed by atoms with Crippen LogP contribution in [0.4, 0.5) is 0 Å². The van der Waals surface area contributed by atoms with Gasteiger partial charge in [0.2, 0.25) is 0 Å². The third kappa shape index (κ3) is 3.09. The molecule has 0 atom stereocenters. The summed E-state index contributed by atoms with van der Waals surface area (Å²) in [4.78, 5) is 16.2. The van der Waals surface area contributed by atoms with Gasteiger partial charge < -0.3 is 14.2 Å². The second-order valence-corrected chi connectivity index (χ2v) is 4.85. The standard InChI is InChI=1S/C17H16N2O3/c1-12-19-16(13-6-3-2-4-7-13)14(22-12)9-10-18-17(20)15-8-5-11-21-15/h2-8,11H,9-10H2,1H3,(H,18,20). The number of amides is 1. The van der Waals surface area contributed by atoms with Gasteiger partial charge >= 0.3 is 0 Å². The Morgan fingerprint density at radius 1 is 1.18 bits per heavy atom. The Morgan fingerprint density at radius 2 is 2.00 bits per heavy atom. The van der Waals surface area contributed by atoms with Crippen LogP contribution in [0.3, 0.4) is 0 Å². The van der Waals surface area contributed by atoms with Gasteiger partial charge in [-0.15, -0.1) is 0 Å². The van der Waals surface area contributed by atoms with E-state index in [1.807, 2.05) is 37.3 Å². The van der Waals surface area contributed by atoms with E-state index in [4.69, 9.17) is 8.83 Å². The Morgan fingerprint density at radius 3 is 2.73 bits per heavy atom. The van der Waals surface area contributed by atoms with Crippen LogP contribution in [0.1, 0.15) is 22.2 Å². The number of carbonyl (C=O) groups excluding carboxylic acids is 1. The highest BCUT2D eigenvalue weighted by Crippen LogP contribution is 2.23. The lowest BCUT2D eigenvalue weighted by Gasteiger charge is -2.03. The molecule has 0 radical (unpaired) electrons. The molecule has 0 aliphatic heterocycles. The number of rotatable bonds is 5. The molecule has 1 N–H and O–H groups in total. The van der Waals surface area contributed by atoms with Gasteiger partial charge in [-0.3, -0.25) is 4.79 Å². The maximum atomic E-state index is 11.8. The molecule has 0 spiro atoms. The molecule has 0 unspecified atom stereocenters. The summed E-state index contributed by atoms with van der Waals surface area (Å²) in [5.41, 5.74) is 1.83. The van der Waals surface area contributed by atoms with Gasteiger partial charge in [0, 0.05) is 25.5 Å². The third-order valence-electron chi connectivity index (χ3n) is 3.23. The number of hydrogen-bond donors (Lipinski definition) is 1. The summed E-state index contributed by atoms with van der Waals surface area (Å²) in [6, 6.07) is 13.2. The molecule has 22 heavy (non-hydrogen) atoms. The summed E-state index contributed by atoms with van der Waals surface area (Å²) in [5.74, 6) is 1.45. The predicted molar refractivity (Wildman–Crippen MR) is 81.4 cm³/mol. The van der Waals surface area contributed by atoms with Gasteiger partial charge in [0.25, 0.3) is 5.91 Å². The first-order chi connectivity index (χ1) is 10.7. The minimum Gasteiger partial charge on any atom is -0.459 e. The molecule has 3 rings (SSSR count). The number of aromatic nitrogens is 1. The predicted octanol–water partition coefficient (Wildman–Crippen LogP) is 3.22. The van der Waals surface area contributed by atoms with Gasteiger partial charge in [0.05, 0.1) is 6.26 Å². The number of oxazole rings is 1. The SMILES string of the molecule is Cc1nc(-c2ccccc2)c(CCNC(=O)c2ccco2)o1. The number of nitrogens with one attached hydrogen (secondary N) is 1. The third-order valence-corrected chi connectivity index (χ3v) is 3.23. The summed E-state index contributed by atoms with van der Waals surface area (Å²) in [7, 11) is 0. The zero-order chi connectivity index (χ0) is 15.4. The van der Waals surface area contributed by atoms with E-state index in [0.717, 1.165) is 17.0 Å². The van der Waals surface area contributed by atoms with Crippen LogP contribution in [0.25, 0.3) is 11.3 Å². The highest BCUT2D eigenvalue weighted by molar-refractivity contribution is 5.91. The van der Waals surface area contributed by atoms with Crippen molar-refractivity contribution >= 4 is 5.91 Å². The maximum absolute atomic E-state index is 11.8. The summed E-state index contributed by atoms with van der Waals surface area (Å²) < 4.78 is 10.7. The van der Waals surface area contributed by atoms with Crippen molar-refractivity contribution < 1.29 is 13.6 Å². The first-order valence-corrected chi connectivity index (χ1v) is 7.07. The van der Waals surface area contributed by atoms with Gasteiger partial charge in [-0.25, -0.2) is 4.98 Å². The van der Waals surface area contributed by atoms with Crippen molar-refractivity contribution in [2.24, 2.45) is 0 Å². The summed E-state index contributed by atoms with van der Waals surface area (Å²) in [6.45, 7) is 2.27. The van der Waals surface area contributed by atoms with Crippen LogP contribution < -0.4 is 5.32 Å². The molecular weight excluding hydrogens is 280 g/mol. The van der Waals surface area contributed by atoms with Crippen molar-refractivity contribution in [3.8, 4) is 11.3 Å². The Balaban J connectivity index is 1.67. The molecule has 5 nitrogen and oxygen atoms in total. The molecule has 0 aliphatic carbocycles. The van der Waals surface area contributed by atoms with Crippen LogP contribution in [-0.4, -0.2) is 17.4 Å². The highest BCUT2D eigenvalue weighted by atomic mass is 16.4. The smallest absolute Gasteiger partial charge is 0.286 e. The van der Waals surface area contributed by atoms with E-state index < -0.39 is 0 Å². The van der Waals surface area contributed by atoms with E-state index in [1.54, 1.807) is 12.1 Å². The van der Waals surface area contributed by atoms with Crippen molar-refractivity contribution in [2.45, 2.75) is 13.3 Å². The van der Waals surface area contributed by atoms with Crippen LogP contribution in [0.15, 0.2) is 57.6 Å². The minimum absolute atomic E-state index is 0.234. The van der Waals surface area contributed by atoms with Crippen LogP contribution in [0.2, 0.25) is 0 Å². The number of benzene rings is 1. The normalized spacial score (nSPS) is 10.6. The fourth-order valence-electron chi connectivity index (χ4n) is 2.24. The summed E-state index contributed by atoms with van der Waals surface area (Å²) in [6.07, 6.45) is 2.04. The van der Waals surface area contributed by atoms with Crippen molar-refractivity contribution in [2.75, 3.05) is 6.54 Å². The van der Waals surface area contributed by atoms with Crippen LogP contribution in [0.5, 0.6) is 0 Å². The second kappa shape index (κ2) is 6.30. The molecule has 112 valence electrons. The quantitative estimate of drug-likeness (QED) is 0.785. The molecule has 1 aromatic carbocycles. The largest absolute Gasteiger partial charge is 0.459 e. The first-order valence-electron chi connectivity index (χ1n) is 7.07. The number of carbonyl (C=O) groups is 1. The monoisotopic (exact) mass is 296 g/mol.